The number of hydrogen-bond acceptors (Lipinski definition) is 3. The van der Waals surface area contributed by atoms with Gasteiger partial charge in [0.15, 0.2) is 0 Å². The van der Waals surface area contributed by atoms with Gasteiger partial charge in [0, 0.05) is 29.9 Å². The molecule has 0 radical (unpaired) electrons. The molecule has 0 spiro atoms. The number of rotatable bonds is 2. The number of nitrogens with two attached hydrogens (primary N) is 2. The van der Waals surface area contributed by atoms with Gasteiger partial charge in [-0.2, -0.15) is 13.2 Å². The molecule has 146 valence electrons. The van der Waals surface area contributed by atoms with Crippen molar-refractivity contribution in [1.82, 2.24) is 0 Å². The minimum Gasteiger partial charge on any atom is -0.343 e. The second-order valence-corrected chi connectivity index (χ2v) is 7.45. The third-order valence-electron chi connectivity index (χ3n) is 5.62. The smallest absolute Gasteiger partial charge is 0.343 e. The van der Waals surface area contributed by atoms with Crippen LogP contribution in [0.25, 0.3) is 0 Å². The summed E-state index contributed by atoms with van der Waals surface area (Å²) in [5.41, 5.74) is 14.5. The van der Waals surface area contributed by atoms with Crippen LogP contribution in [-0.2, 0) is 11.7 Å². The van der Waals surface area contributed by atoms with Crippen molar-refractivity contribution in [3.8, 4) is 0 Å². The Kier molecular flexibility index (Phi) is 4.56. The predicted octanol–water partition coefficient (Wildman–Crippen LogP) is 4.17. The van der Waals surface area contributed by atoms with Crippen LogP contribution in [-0.4, -0.2) is 12.6 Å². The van der Waals surface area contributed by atoms with Crippen LogP contribution in [0.1, 0.15) is 17.5 Å². The summed E-state index contributed by atoms with van der Waals surface area (Å²) in [7, 11) is 0. The molecule has 2 aliphatic rings. The molecule has 6 heteroatoms. The van der Waals surface area contributed by atoms with E-state index >= 15 is 0 Å². The third-order valence-corrected chi connectivity index (χ3v) is 5.62. The van der Waals surface area contributed by atoms with E-state index in [1.807, 2.05) is 53.5 Å². The molecule has 3 nitrogen and oxygen atoms in total. The molecular weight excluding hydrogens is 363 g/mol. The molecule has 1 fully saturated rings. The molecule has 0 amide bonds. The standard InChI is InChI=1S/C22H22F3N3/c23-22(24,25)16-8-10-18(11-9-16)28-14-17(26)13-19-20(28)7-4-12-21(19,27)15-5-2-1-3-6-15/h1-12,17,19H,13-14,26-27H2. The van der Waals surface area contributed by atoms with Crippen molar-refractivity contribution in [3.05, 3.63) is 89.6 Å². The van der Waals surface area contributed by atoms with Crippen LogP contribution in [0.5, 0.6) is 0 Å². The largest absolute Gasteiger partial charge is 0.416 e. The molecule has 2 aromatic rings. The molecule has 4 N–H and O–H groups in total. The third kappa shape index (κ3) is 3.23. The number of halogens is 3. The van der Waals surface area contributed by atoms with E-state index in [1.165, 1.54) is 12.1 Å². The highest BCUT2D eigenvalue weighted by Crippen LogP contribution is 2.44. The molecule has 1 aliphatic heterocycles. The fourth-order valence-electron chi connectivity index (χ4n) is 4.20. The first kappa shape index (κ1) is 18.8. The van der Waals surface area contributed by atoms with Crippen LogP contribution in [0.3, 0.4) is 0 Å². The SMILES string of the molecule is NC1CC2C(=CC=CC2(N)c2ccccc2)N(c2ccc(C(F)(F)F)cc2)C1. The summed E-state index contributed by atoms with van der Waals surface area (Å²) in [6.07, 6.45) is 2.25. The Bertz CT molecular complexity index is 903. The normalized spacial score (nSPS) is 27.3. The van der Waals surface area contributed by atoms with E-state index in [-0.39, 0.29) is 12.0 Å². The molecular formula is C22H22F3N3. The number of hydrogen-bond donors (Lipinski definition) is 2. The van der Waals surface area contributed by atoms with Crippen LogP contribution in [0.2, 0.25) is 0 Å². The maximum absolute atomic E-state index is 12.9. The number of allylic oxidation sites excluding steroid dienone is 2. The predicted molar refractivity (Wildman–Crippen MR) is 104 cm³/mol. The minimum absolute atomic E-state index is 0.0639. The molecule has 1 saturated heterocycles. The summed E-state index contributed by atoms with van der Waals surface area (Å²) in [6.45, 7) is 0.534. The van der Waals surface area contributed by atoms with Crippen LogP contribution < -0.4 is 16.4 Å². The molecule has 0 saturated carbocycles. The van der Waals surface area contributed by atoms with Gasteiger partial charge in [-0.05, 0) is 42.3 Å². The lowest BCUT2D eigenvalue weighted by Gasteiger charge is -2.48. The summed E-state index contributed by atoms with van der Waals surface area (Å²) in [6, 6.07) is 14.9. The zero-order valence-electron chi connectivity index (χ0n) is 15.2. The average Bonchev–Trinajstić information content (AvgIpc) is 2.68. The maximum Gasteiger partial charge on any atom is 0.416 e. The van der Waals surface area contributed by atoms with E-state index in [4.69, 9.17) is 11.5 Å². The zero-order valence-corrected chi connectivity index (χ0v) is 15.2. The van der Waals surface area contributed by atoms with Gasteiger partial charge in [0.2, 0.25) is 0 Å². The zero-order chi connectivity index (χ0) is 19.9. The van der Waals surface area contributed by atoms with E-state index in [9.17, 15) is 13.2 Å². The van der Waals surface area contributed by atoms with Crippen molar-refractivity contribution in [1.29, 1.82) is 0 Å². The Morgan fingerprint density at radius 3 is 2.32 bits per heavy atom. The minimum atomic E-state index is -4.36. The molecule has 0 aromatic heterocycles. The second-order valence-electron chi connectivity index (χ2n) is 7.45. The number of benzene rings is 2. The molecule has 2 aromatic carbocycles. The molecule has 4 rings (SSSR count). The van der Waals surface area contributed by atoms with Crippen molar-refractivity contribution in [2.45, 2.75) is 24.2 Å². The lowest BCUT2D eigenvalue weighted by Crippen LogP contribution is -2.55. The van der Waals surface area contributed by atoms with Crippen LogP contribution in [0.4, 0.5) is 18.9 Å². The summed E-state index contributed by atoms with van der Waals surface area (Å²) >= 11 is 0. The Hall–Kier alpha value is -2.57. The van der Waals surface area contributed by atoms with Crippen LogP contribution >= 0.6 is 0 Å². The number of fused-ring (bicyclic) bond motifs is 1. The van der Waals surface area contributed by atoms with Crippen molar-refractivity contribution in [2.24, 2.45) is 17.4 Å². The van der Waals surface area contributed by atoms with Crippen molar-refractivity contribution >= 4 is 5.69 Å². The fraction of sp³-hybridized carbons (Fsp3) is 0.273. The first-order valence-corrected chi connectivity index (χ1v) is 9.23. The number of anilines is 1. The first-order chi connectivity index (χ1) is 13.3. The van der Waals surface area contributed by atoms with Gasteiger partial charge >= 0.3 is 6.18 Å². The van der Waals surface area contributed by atoms with Gasteiger partial charge in [-0.3, -0.25) is 0 Å². The van der Waals surface area contributed by atoms with Crippen LogP contribution in [0.15, 0.2) is 78.5 Å². The monoisotopic (exact) mass is 385 g/mol. The Labute approximate surface area is 162 Å². The van der Waals surface area contributed by atoms with Crippen LogP contribution in [0, 0.1) is 5.92 Å². The van der Waals surface area contributed by atoms with Gasteiger partial charge in [-0.1, -0.05) is 42.5 Å². The van der Waals surface area contributed by atoms with Gasteiger partial charge in [-0.15, -0.1) is 0 Å². The number of alkyl halides is 3. The van der Waals surface area contributed by atoms with Gasteiger partial charge in [0.1, 0.15) is 0 Å². The van der Waals surface area contributed by atoms with E-state index in [1.54, 1.807) is 0 Å². The molecule has 1 aliphatic carbocycles. The van der Waals surface area contributed by atoms with Gasteiger partial charge in [0.25, 0.3) is 0 Å². The number of nitrogens with zero attached hydrogens (tertiary/aromatic N) is 1. The lowest BCUT2D eigenvalue weighted by atomic mass is 9.70. The average molecular weight is 385 g/mol. The highest BCUT2D eigenvalue weighted by molar-refractivity contribution is 5.58. The highest BCUT2D eigenvalue weighted by Gasteiger charge is 2.44. The van der Waals surface area contributed by atoms with Crippen molar-refractivity contribution in [2.75, 3.05) is 11.4 Å². The second kappa shape index (κ2) is 6.79. The van der Waals surface area contributed by atoms with Gasteiger partial charge in [0.05, 0.1) is 11.1 Å². The summed E-state index contributed by atoms with van der Waals surface area (Å²) in [5.74, 6) is -0.0639. The molecule has 1 heterocycles. The van der Waals surface area contributed by atoms with E-state index in [2.05, 4.69) is 0 Å². The lowest BCUT2D eigenvalue weighted by molar-refractivity contribution is -0.137. The summed E-state index contributed by atoms with van der Waals surface area (Å²) in [4.78, 5) is 1.99. The van der Waals surface area contributed by atoms with Gasteiger partial charge < -0.3 is 16.4 Å². The molecule has 3 atom stereocenters. The van der Waals surface area contributed by atoms with E-state index in [0.29, 0.717) is 18.7 Å². The molecule has 0 bridgehead atoms. The Morgan fingerprint density at radius 2 is 1.68 bits per heavy atom. The first-order valence-electron chi connectivity index (χ1n) is 9.23. The Morgan fingerprint density at radius 1 is 1.00 bits per heavy atom. The Balaban J connectivity index is 1.71. The summed E-state index contributed by atoms with van der Waals surface area (Å²) in [5, 5.41) is 0. The number of piperidine rings is 1. The quantitative estimate of drug-likeness (QED) is 0.816. The van der Waals surface area contributed by atoms with Crippen molar-refractivity contribution < 1.29 is 13.2 Å². The van der Waals surface area contributed by atoms with E-state index < -0.39 is 17.3 Å². The topological polar surface area (TPSA) is 55.3 Å². The molecule has 28 heavy (non-hydrogen) atoms. The van der Waals surface area contributed by atoms with E-state index in [0.717, 1.165) is 23.4 Å². The molecule has 3 unspecified atom stereocenters. The summed E-state index contributed by atoms with van der Waals surface area (Å²) < 4.78 is 38.7. The highest BCUT2D eigenvalue weighted by atomic mass is 19.4. The maximum atomic E-state index is 12.9. The van der Waals surface area contributed by atoms with Gasteiger partial charge in [-0.25, -0.2) is 0 Å². The fourth-order valence-corrected chi connectivity index (χ4v) is 4.20. The van der Waals surface area contributed by atoms with Crippen molar-refractivity contribution in [3.63, 3.8) is 0 Å².